The summed E-state index contributed by atoms with van der Waals surface area (Å²) in [7, 11) is -0.361. The van der Waals surface area contributed by atoms with E-state index in [4.69, 9.17) is 14.0 Å². The first kappa shape index (κ1) is 15.9. The van der Waals surface area contributed by atoms with Crippen molar-refractivity contribution in [2.24, 2.45) is 0 Å². The maximum Gasteiger partial charge on any atom is 0.498 e. The van der Waals surface area contributed by atoms with Crippen molar-refractivity contribution in [3.05, 3.63) is 12.4 Å². The summed E-state index contributed by atoms with van der Waals surface area (Å²) in [5, 5.41) is 4.28. The fourth-order valence-electron chi connectivity index (χ4n) is 1.85. The minimum Gasteiger partial charge on any atom is -0.399 e. The summed E-state index contributed by atoms with van der Waals surface area (Å²) in [5.41, 5.74) is 0.278. The van der Waals surface area contributed by atoms with Crippen LogP contribution < -0.4 is 5.46 Å². The van der Waals surface area contributed by atoms with Crippen molar-refractivity contribution in [2.75, 3.05) is 18.6 Å². The molecule has 1 aromatic heterocycles. The van der Waals surface area contributed by atoms with E-state index in [-0.39, 0.29) is 18.3 Å². The van der Waals surface area contributed by atoms with Crippen LogP contribution in [0.1, 0.15) is 27.7 Å². The molecule has 0 radical (unpaired) electrons. The highest BCUT2D eigenvalue weighted by Gasteiger charge is 2.52. The Bertz CT molecular complexity index is 435. The average Bonchev–Trinajstić information content (AvgIpc) is 2.89. The Labute approximate surface area is 125 Å². The molecule has 0 spiro atoms. The van der Waals surface area contributed by atoms with Gasteiger partial charge in [-0.15, -0.1) is 0 Å². The predicted molar refractivity (Wildman–Crippen MR) is 82.3 cm³/mol. The third-order valence-electron chi connectivity index (χ3n) is 3.83. The van der Waals surface area contributed by atoms with E-state index in [0.29, 0.717) is 6.73 Å². The quantitative estimate of drug-likeness (QED) is 0.588. The summed E-state index contributed by atoms with van der Waals surface area (Å²) in [6, 6.07) is 0. The normalized spacial score (nSPS) is 20.6. The molecule has 112 valence electrons. The van der Waals surface area contributed by atoms with Crippen LogP contribution in [0.25, 0.3) is 0 Å². The van der Waals surface area contributed by atoms with Crippen LogP contribution in [0.2, 0.25) is 0 Å². The minimum atomic E-state index is -0.361. The Morgan fingerprint density at radius 1 is 1.30 bits per heavy atom. The molecule has 1 saturated heterocycles. The predicted octanol–water partition coefficient (Wildman–Crippen LogP) is 1.52. The molecular weight excluding hydrogens is 275 g/mol. The van der Waals surface area contributed by atoms with E-state index in [0.717, 1.165) is 17.8 Å². The van der Waals surface area contributed by atoms with Crippen molar-refractivity contribution >= 4 is 24.3 Å². The van der Waals surface area contributed by atoms with E-state index in [1.54, 1.807) is 22.6 Å². The van der Waals surface area contributed by atoms with E-state index in [1.807, 2.05) is 33.9 Å². The second-order valence-electron chi connectivity index (χ2n) is 5.93. The summed E-state index contributed by atoms with van der Waals surface area (Å²) in [6.45, 7) is 9.37. The molecule has 0 aliphatic carbocycles. The highest BCUT2D eigenvalue weighted by atomic mass is 32.2. The van der Waals surface area contributed by atoms with Crippen molar-refractivity contribution in [1.82, 2.24) is 9.78 Å². The second kappa shape index (κ2) is 6.09. The molecule has 1 fully saturated rings. The van der Waals surface area contributed by atoms with Gasteiger partial charge < -0.3 is 14.0 Å². The molecule has 1 aliphatic heterocycles. The topological polar surface area (TPSA) is 45.5 Å². The lowest BCUT2D eigenvalue weighted by Gasteiger charge is -2.32. The monoisotopic (exact) mass is 298 g/mol. The second-order valence-corrected chi connectivity index (χ2v) is 6.92. The maximum atomic E-state index is 5.99. The van der Waals surface area contributed by atoms with E-state index in [1.165, 1.54) is 0 Å². The zero-order chi connectivity index (χ0) is 14.8. The SMILES string of the molecule is CSCCOCn1cc(B2OC(C)(C)C(C)(C)O2)cn1. The molecule has 0 bridgehead atoms. The van der Waals surface area contributed by atoms with E-state index < -0.39 is 0 Å². The summed E-state index contributed by atoms with van der Waals surface area (Å²) in [5.74, 6) is 0.991. The number of rotatable bonds is 6. The first-order valence-electron chi connectivity index (χ1n) is 6.80. The van der Waals surface area contributed by atoms with Crippen LogP contribution in [-0.4, -0.2) is 46.7 Å². The van der Waals surface area contributed by atoms with Crippen molar-refractivity contribution < 1.29 is 14.0 Å². The van der Waals surface area contributed by atoms with Crippen molar-refractivity contribution in [3.63, 3.8) is 0 Å². The van der Waals surface area contributed by atoms with E-state index in [2.05, 4.69) is 11.4 Å². The molecule has 1 aromatic rings. The molecule has 2 heterocycles. The fourth-order valence-corrected chi connectivity index (χ4v) is 2.14. The van der Waals surface area contributed by atoms with Gasteiger partial charge in [0.15, 0.2) is 0 Å². The third kappa shape index (κ3) is 3.39. The highest BCUT2D eigenvalue weighted by Crippen LogP contribution is 2.36. The van der Waals surface area contributed by atoms with Crippen molar-refractivity contribution in [3.8, 4) is 0 Å². The van der Waals surface area contributed by atoms with Gasteiger partial charge in [0.1, 0.15) is 6.73 Å². The van der Waals surface area contributed by atoms with Crippen molar-refractivity contribution in [1.29, 1.82) is 0 Å². The molecule has 20 heavy (non-hydrogen) atoms. The van der Waals surface area contributed by atoms with Crippen LogP contribution in [0.5, 0.6) is 0 Å². The van der Waals surface area contributed by atoms with Gasteiger partial charge in [0.2, 0.25) is 0 Å². The summed E-state index contributed by atoms with van der Waals surface area (Å²) in [6.07, 6.45) is 5.76. The molecule has 0 aromatic carbocycles. The molecule has 0 atom stereocenters. The van der Waals surface area contributed by atoms with E-state index >= 15 is 0 Å². The summed E-state index contributed by atoms with van der Waals surface area (Å²) in [4.78, 5) is 0. The molecule has 0 saturated carbocycles. The largest absolute Gasteiger partial charge is 0.498 e. The van der Waals surface area contributed by atoms with E-state index in [9.17, 15) is 0 Å². The zero-order valence-electron chi connectivity index (χ0n) is 12.9. The van der Waals surface area contributed by atoms with Gasteiger partial charge in [-0.1, -0.05) is 0 Å². The van der Waals surface area contributed by atoms with Crippen molar-refractivity contribution in [2.45, 2.75) is 45.6 Å². The van der Waals surface area contributed by atoms with Gasteiger partial charge in [-0.05, 0) is 34.0 Å². The van der Waals surface area contributed by atoms with Gasteiger partial charge in [-0.25, -0.2) is 4.68 Å². The maximum absolute atomic E-state index is 5.99. The Kier molecular flexibility index (Phi) is 4.84. The molecule has 5 nitrogen and oxygen atoms in total. The summed E-state index contributed by atoms with van der Waals surface area (Å²) < 4.78 is 19.3. The van der Waals surface area contributed by atoms with Crippen LogP contribution in [0, 0.1) is 0 Å². The number of ether oxygens (including phenoxy) is 1. The lowest BCUT2D eigenvalue weighted by atomic mass is 9.82. The van der Waals surface area contributed by atoms with Crippen LogP contribution in [0.4, 0.5) is 0 Å². The Morgan fingerprint density at radius 3 is 2.55 bits per heavy atom. The first-order chi connectivity index (χ1) is 9.36. The standard InChI is InChI=1S/C13H23BN2O3S/c1-12(2)13(3,4)19-14(18-12)11-8-15-16(9-11)10-17-6-7-20-5/h8-9H,6-7,10H2,1-5H3. The molecule has 0 unspecified atom stereocenters. The van der Waals surface area contributed by atoms with Crippen LogP contribution >= 0.6 is 11.8 Å². The Balaban J connectivity index is 1.93. The summed E-state index contributed by atoms with van der Waals surface area (Å²) >= 11 is 1.77. The molecular formula is C13H23BN2O3S. The Hall–Kier alpha value is -0.495. The van der Waals surface area contributed by atoms with Gasteiger partial charge in [-0.2, -0.15) is 16.9 Å². The number of thioether (sulfide) groups is 1. The van der Waals surface area contributed by atoms with Crippen LogP contribution in [0.15, 0.2) is 12.4 Å². The lowest BCUT2D eigenvalue weighted by Crippen LogP contribution is -2.41. The van der Waals surface area contributed by atoms with Gasteiger partial charge in [-0.3, -0.25) is 0 Å². The average molecular weight is 298 g/mol. The molecule has 0 amide bonds. The lowest BCUT2D eigenvalue weighted by molar-refractivity contribution is 0.00578. The molecule has 7 heteroatoms. The zero-order valence-corrected chi connectivity index (χ0v) is 13.7. The van der Waals surface area contributed by atoms with Gasteiger partial charge in [0.05, 0.1) is 17.8 Å². The number of nitrogens with zero attached hydrogens (tertiary/aromatic N) is 2. The molecule has 2 rings (SSSR count). The first-order valence-corrected chi connectivity index (χ1v) is 8.20. The molecule has 1 aliphatic rings. The third-order valence-corrected chi connectivity index (χ3v) is 4.41. The fraction of sp³-hybridized carbons (Fsp3) is 0.769. The minimum absolute atomic E-state index is 0.325. The number of aromatic nitrogens is 2. The van der Waals surface area contributed by atoms with Gasteiger partial charge >= 0.3 is 7.12 Å². The molecule has 0 N–H and O–H groups in total. The van der Waals surface area contributed by atoms with Crippen LogP contribution in [-0.2, 0) is 20.8 Å². The van der Waals surface area contributed by atoms with Crippen LogP contribution in [0.3, 0.4) is 0 Å². The smallest absolute Gasteiger partial charge is 0.399 e. The van der Waals surface area contributed by atoms with Gasteiger partial charge in [0, 0.05) is 23.6 Å². The number of hydrogen-bond acceptors (Lipinski definition) is 5. The highest BCUT2D eigenvalue weighted by molar-refractivity contribution is 7.98. The number of hydrogen-bond donors (Lipinski definition) is 0. The van der Waals surface area contributed by atoms with Gasteiger partial charge in [0.25, 0.3) is 0 Å². The Morgan fingerprint density at radius 2 is 1.95 bits per heavy atom.